The molecule has 0 aliphatic rings. The third kappa shape index (κ3) is 3.75. The number of sulfone groups is 1. The number of carboxylic acids is 1. The Hall–Kier alpha value is -3.54. The highest BCUT2D eigenvalue weighted by atomic mass is 32.2. The lowest BCUT2D eigenvalue weighted by atomic mass is 10.3. The molecule has 0 saturated carbocycles. The number of nitrogens with one attached hydrogen (secondary N) is 1. The van der Waals surface area contributed by atoms with Crippen molar-refractivity contribution in [2.24, 2.45) is 0 Å². The molecule has 0 bridgehead atoms. The van der Waals surface area contributed by atoms with Crippen LogP contribution in [0.25, 0.3) is 0 Å². The number of nitro benzene ring substituents is 2. The highest BCUT2D eigenvalue weighted by Gasteiger charge is 2.31. The number of benzene rings is 2. The third-order valence-electron chi connectivity index (χ3n) is 3.25. The minimum Gasteiger partial charge on any atom is -0.480 e. The number of aliphatic carboxylic acids is 1. The fourth-order valence-corrected chi connectivity index (χ4v) is 3.71. The molecule has 0 fully saturated rings. The molecule has 0 unspecified atom stereocenters. The second kappa shape index (κ2) is 7.14. The van der Waals surface area contributed by atoms with E-state index in [1.54, 1.807) is 0 Å². The lowest BCUT2D eigenvalue weighted by molar-refractivity contribution is -0.396. The molecule has 0 aliphatic carbocycles. The topological polar surface area (TPSA) is 170 Å². The summed E-state index contributed by atoms with van der Waals surface area (Å²) in [6, 6.07) is 7.42. The number of carboxylic acid groups (broad SMARTS) is 1. The summed E-state index contributed by atoms with van der Waals surface area (Å²) < 4.78 is 25.7. The lowest BCUT2D eigenvalue weighted by Gasteiger charge is -2.11. The van der Waals surface area contributed by atoms with Crippen molar-refractivity contribution in [3.8, 4) is 0 Å². The molecule has 0 spiro atoms. The van der Waals surface area contributed by atoms with E-state index in [9.17, 15) is 33.4 Å². The summed E-state index contributed by atoms with van der Waals surface area (Å²) >= 11 is 0. The number of non-ortho nitro benzene ring substituents is 1. The Morgan fingerprint density at radius 3 is 2.27 bits per heavy atom. The van der Waals surface area contributed by atoms with Gasteiger partial charge in [-0.3, -0.25) is 25.0 Å². The van der Waals surface area contributed by atoms with Crippen molar-refractivity contribution in [2.75, 3.05) is 11.9 Å². The molecule has 0 aromatic heterocycles. The Bertz CT molecular complexity index is 1000. The fraction of sp³-hybridized carbons (Fsp3) is 0.0714. The van der Waals surface area contributed by atoms with E-state index in [0.29, 0.717) is 6.07 Å². The van der Waals surface area contributed by atoms with Gasteiger partial charge < -0.3 is 10.4 Å². The maximum Gasteiger partial charge on any atom is 0.322 e. The first kappa shape index (κ1) is 18.8. The van der Waals surface area contributed by atoms with E-state index in [-0.39, 0.29) is 5.69 Å². The van der Waals surface area contributed by atoms with Crippen molar-refractivity contribution < 1.29 is 28.2 Å². The van der Waals surface area contributed by atoms with Crippen LogP contribution in [0.1, 0.15) is 0 Å². The average molecular weight is 381 g/mol. The van der Waals surface area contributed by atoms with Gasteiger partial charge in [0, 0.05) is 6.07 Å². The standard InChI is InChI=1S/C14H11N3O8S/c18-14(19)8-15-10-3-1-2-4-12(10)26(24,25)13-6-5-9(16(20)21)7-11(13)17(22)23/h1-7,15H,8H2,(H,18,19). The summed E-state index contributed by atoms with van der Waals surface area (Å²) in [7, 11) is -4.46. The predicted molar refractivity (Wildman–Crippen MR) is 87.8 cm³/mol. The van der Waals surface area contributed by atoms with Gasteiger partial charge in [-0.25, -0.2) is 8.42 Å². The van der Waals surface area contributed by atoms with Crippen LogP contribution in [0.2, 0.25) is 0 Å². The van der Waals surface area contributed by atoms with Crippen LogP contribution in [0.5, 0.6) is 0 Å². The molecule has 2 aromatic carbocycles. The van der Waals surface area contributed by atoms with Crippen molar-refractivity contribution >= 4 is 32.9 Å². The summed E-state index contributed by atoms with van der Waals surface area (Å²) in [6.45, 7) is -0.575. The van der Waals surface area contributed by atoms with Gasteiger partial charge in [0.25, 0.3) is 11.4 Å². The van der Waals surface area contributed by atoms with E-state index in [1.807, 2.05) is 0 Å². The Morgan fingerprint density at radius 2 is 1.69 bits per heavy atom. The molecule has 0 amide bonds. The highest BCUT2D eigenvalue weighted by molar-refractivity contribution is 7.91. The molecule has 12 heteroatoms. The van der Waals surface area contributed by atoms with Crippen LogP contribution >= 0.6 is 0 Å². The van der Waals surface area contributed by atoms with Crippen LogP contribution in [0.3, 0.4) is 0 Å². The van der Waals surface area contributed by atoms with Crippen molar-refractivity contribution in [2.45, 2.75) is 9.79 Å². The summed E-state index contributed by atoms with van der Waals surface area (Å²) in [4.78, 5) is 29.6. The largest absolute Gasteiger partial charge is 0.480 e. The molecule has 0 radical (unpaired) electrons. The molecule has 2 rings (SSSR count). The molecule has 0 atom stereocenters. The van der Waals surface area contributed by atoms with Crippen LogP contribution in [-0.4, -0.2) is 35.9 Å². The van der Waals surface area contributed by atoms with E-state index in [2.05, 4.69) is 5.32 Å². The Balaban J connectivity index is 2.64. The molecule has 2 aromatic rings. The maximum absolute atomic E-state index is 12.8. The van der Waals surface area contributed by atoms with Crippen LogP contribution in [0.15, 0.2) is 52.3 Å². The zero-order valence-corrected chi connectivity index (χ0v) is 13.7. The maximum atomic E-state index is 12.8. The van der Waals surface area contributed by atoms with Gasteiger partial charge in [-0.15, -0.1) is 0 Å². The zero-order chi connectivity index (χ0) is 19.5. The summed E-state index contributed by atoms with van der Waals surface area (Å²) in [6.07, 6.45) is 0. The predicted octanol–water partition coefficient (Wildman–Crippen LogP) is 1.83. The molecular weight excluding hydrogens is 370 g/mol. The van der Waals surface area contributed by atoms with Gasteiger partial charge in [-0.1, -0.05) is 12.1 Å². The normalized spacial score (nSPS) is 10.9. The quantitative estimate of drug-likeness (QED) is 0.536. The van der Waals surface area contributed by atoms with Crippen molar-refractivity contribution in [1.29, 1.82) is 0 Å². The second-order valence-corrected chi connectivity index (χ2v) is 6.80. The number of hydrogen-bond acceptors (Lipinski definition) is 8. The summed E-state index contributed by atoms with van der Waals surface area (Å²) in [5, 5.41) is 33.1. The molecule has 0 saturated heterocycles. The van der Waals surface area contributed by atoms with E-state index < -0.39 is 53.4 Å². The lowest BCUT2D eigenvalue weighted by Crippen LogP contribution is -2.15. The molecule has 0 heterocycles. The number of nitro groups is 2. The van der Waals surface area contributed by atoms with Gasteiger partial charge >= 0.3 is 5.97 Å². The number of rotatable bonds is 7. The van der Waals surface area contributed by atoms with E-state index >= 15 is 0 Å². The minimum absolute atomic E-state index is 0.0671. The second-order valence-electron chi connectivity index (χ2n) is 4.91. The van der Waals surface area contributed by atoms with E-state index in [4.69, 9.17) is 5.11 Å². The van der Waals surface area contributed by atoms with E-state index in [0.717, 1.165) is 18.2 Å². The molecular formula is C14H11N3O8S. The Kier molecular flexibility index (Phi) is 5.16. The van der Waals surface area contributed by atoms with Crippen LogP contribution < -0.4 is 5.32 Å². The van der Waals surface area contributed by atoms with Gasteiger partial charge in [-0.05, 0) is 18.2 Å². The molecule has 26 heavy (non-hydrogen) atoms. The highest BCUT2D eigenvalue weighted by Crippen LogP contribution is 2.35. The van der Waals surface area contributed by atoms with E-state index in [1.165, 1.54) is 18.2 Å². The summed E-state index contributed by atoms with van der Waals surface area (Å²) in [5.74, 6) is -1.24. The van der Waals surface area contributed by atoms with Gasteiger partial charge in [0.15, 0.2) is 0 Å². The number of nitrogens with zero attached hydrogens (tertiary/aromatic N) is 2. The Labute approximate surface area is 146 Å². The number of anilines is 1. The number of para-hydroxylation sites is 1. The van der Waals surface area contributed by atoms with Crippen LogP contribution in [-0.2, 0) is 14.6 Å². The molecule has 2 N–H and O–H groups in total. The molecule has 11 nitrogen and oxygen atoms in total. The van der Waals surface area contributed by atoms with Crippen molar-refractivity contribution in [3.05, 3.63) is 62.7 Å². The van der Waals surface area contributed by atoms with Crippen LogP contribution in [0, 0.1) is 20.2 Å². The molecule has 136 valence electrons. The summed E-state index contributed by atoms with van der Waals surface area (Å²) in [5.41, 5.74) is -1.65. The van der Waals surface area contributed by atoms with Gasteiger partial charge in [0.2, 0.25) is 9.84 Å². The van der Waals surface area contributed by atoms with Gasteiger partial charge in [0.05, 0.1) is 26.5 Å². The third-order valence-corrected chi connectivity index (χ3v) is 5.11. The first-order valence-corrected chi connectivity index (χ1v) is 8.35. The SMILES string of the molecule is O=C(O)CNc1ccccc1S(=O)(=O)c1ccc([N+](=O)[O-])cc1[N+](=O)[O-]. The van der Waals surface area contributed by atoms with Crippen LogP contribution in [0.4, 0.5) is 17.1 Å². The smallest absolute Gasteiger partial charge is 0.322 e. The fourth-order valence-electron chi connectivity index (χ4n) is 2.13. The Morgan fingerprint density at radius 1 is 1.04 bits per heavy atom. The zero-order valence-electron chi connectivity index (χ0n) is 12.9. The minimum atomic E-state index is -4.46. The first-order chi connectivity index (χ1) is 12.1. The number of carbonyl (C=O) groups is 1. The van der Waals surface area contributed by atoms with Crippen molar-refractivity contribution in [3.63, 3.8) is 0 Å². The molecule has 0 aliphatic heterocycles. The van der Waals surface area contributed by atoms with Gasteiger partial charge in [-0.2, -0.15) is 0 Å². The number of hydrogen-bond donors (Lipinski definition) is 2. The van der Waals surface area contributed by atoms with Gasteiger partial charge in [0.1, 0.15) is 11.4 Å². The monoisotopic (exact) mass is 381 g/mol. The average Bonchev–Trinajstić information content (AvgIpc) is 2.59. The van der Waals surface area contributed by atoms with Crippen molar-refractivity contribution in [1.82, 2.24) is 0 Å². The first-order valence-electron chi connectivity index (χ1n) is 6.87.